The first-order chi connectivity index (χ1) is 14.3. The molecule has 1 heterocycles. The van der Waals surface area contributed by atoms with Gasteiger partial charge in [0.1, 0.15) is 5.82 Å². The summed E-state index contributed by atoms with van der Waals surface area (Å²) in [5.74, 6) is -0.395. The minimum Gasteiger partial charge on any atom is -0.337 e. The molecule has 0 aliphatic heterocycles. The highest BCUT2D eigenvalue weighted by Gasteiger charge is 2.19. The van der Waals surface area contributed by atoms with E-state index in [4.69, 9.17) is 11.6 Å². The van der Waals surface area contributed by atoms with Crippen molar-refractivity contribution in [2.45, 2.75) is 11.8 Å². The highest BCUT2D eigenvalue weighted by Crippen LogP contribution is 2.28. The van der Waals surface area contributed by atoms with Crippen LogP contribution >= 0.6 is 11.6 Å². The van der Waals surface area contributed by atoms with E-state index >= 15 is 0 Å². The zero-order chi connectivity index (χ0) is 21.3. The van der Waals surface area contributed by atoms with Crippen molar-refractivity contribution in [3.63, 3.8) is 0 Å². The molecule has 0 saturated carbocycles. The minimum absolute atomic E-state index is 0.00900. The van der Waals surface area contributed by atoms with Gasteiger partial charge in [0.15, 0.2) is 11.6 Å². The van der Waals surface area contributed by atoms with E-state index in [9.17, 15) is 12.8 Å². The molecule has 2 N–H and O–H groups in total. The fourth-order valence-electron chi connectivity index (χ4n) is 2.77. The molecule has 0 aliphatic carbocycles. The SMILES string of the molecule is Cc1ccc(S(=O)(=O)Nc2nc3ccccc3nc2Nc2ccc(F)c(Cl)c2)cc1. The maximum absolute atomic E-state index is 13.5. The molecule has 0 unspecified atom stereocenters. The van der Waals surface area contributed by atoms with E-state index in [-0.39, 0.29) is 21.6 Å². The second-order valence-electron chi connectivity index (χ2n) is 6.58. The van der Waals surface area contributed by atoms with Crippen LogP contribution in [-0.4, -0.2) is 18.4 Å². The Kier molecular flexibility index (Phi) is 5.27. The van der Waals surface area contributed by atoms with Crippen LogP contribution in [-0.2, 0) is 10.0 Å². The van der Waals surface area contributed by atoms with Crippen molar-refractivity contribution in [2.75, 3.05) is 10.0 Å². The Balaban J connectivity index is 1.78. The summed E-state index contributed by atoms with van der Waals surface area (Å²) in [7, 11) is -3.91. The molecule has 1 aromatic heterocycles. The molecular formula is C21H16ClFN4O2S. The van der Waals surface area contributed by atoms with E-state index in [0.29, 0.717) is 16.7 Å². The molecule has 3 aromatic carbocycles. The van der Waals surface area contributed by atoms with Crippen molar-refractivity contribution in [3.8, 4) is 0 Å². The van der Waals surface area contributed by atoms with Crippen LogP contribution in [0.5, 0.6) is 0 Å². The Morgan fingerprint density at radius 3 is 2.17 bits per heavy atom. The lowest BCUT2D eigenvalue weighted by Crippen LogP contribution is -2.16. The Morgan fingerprint density at radius 2 is 1.53 bits per heavy atom. The zero-order valence-corrected chi connectivity index (χ0v) is 17.3. The molecule has 0 spiro atoms. The number of sulfonamides is 1. The van der Waals surface area contributed by atoms with Crippen molar-refractivity contribution in [3.05, 3.63) is 83.1 Å². The summed E-state index contributed by atoms with van der Waals surface area (Å²) in [6, 6.07) is 17.6. The van der Waals surface area contributed by atoms with Gasteiger partial charge in [-0.1, -0.05) is 41.4 Å². The maximum atomic E-state index is 13.5. The number of anilines is 3. The molecule has 0 bridgehead atoms. The second kappa shape index (κ2) is 7.89. The number of fused-ring (bicyclic) bond motifs is 1. The van der Waals surface area contributed by atoms with Crippen molar-refractivity contribution in [1.82, 2.24) is 9.97 Å². The third-order valence-electron chi connectivity index (χ3n) is 4.32. The zero-order valence-electron chi connectivity index (χ0n) is 15.7. The normalized spacial score (nSPS) is 11.4. The van der Waals surface area contributed by atoms with Crippen molar-refractivity contribution >= 4 is 50.0 Å². The van der Waals surface area contributed by atoms with Crippen molar-refractivity contribution in [2.24, 2.45) is 0 Å². The van der Waals surface area contributed by atoms with Gasteiger partial charge in [-0.05, 0) is 49.4 Å². The molecule has 0 aliphatic rings. The van der Waals surface area contributed by atoms with E-state index in [1.165, 1.54) is 30.3 Å². The number of halogens is 2. The van der Waals surface area contributed by atoms with E-state index in [0.717, 1.165) is 5.56 Å². The third-order valence-corrected chi connectivity index (χ3v) is 5.96. The Labute approximate surface area is 177 Å². The second-order valence-corrected chi connectivity index (χ2v) is 8.67. The van der Waals surface area contributed by atoms with E-state index in [1.807, 2.05) is 6.92 Å². The van der Waals surface area contributed by atoms with Crippen LogP contribution in [0.3, 0.4) is 0 Å². The number of aryl methyl sites for hydroxylation is 1. The van der Waals surface area contributed by atoms with Gasteiger partial charge in [-0.3, -0.25) is 4.72 Å². The summed E-state index contributed by atoms with van der Waals surface area (Å²) in [5.41, 5.74) is 2.45. The summed E-state index contributed by atoms with van der Waals surface area (Å²) in [4.78, 5) is 8.99. The molecule has 4 aromatic rings. The number of aromatic nitrogens is 2. The molecule has 0 saturated heterocycles. The molecule has 0 amide bonds. The Hall–Kier alpha value is -3.23. The molecular weight excluding hydrogens is 427 g/mol. The monoisotopic (exact) mass is 442 g/mol. The van der Waals surface area contributed by atoms with Crippen molar-refractivity contribution < 1.29 is 12.8 Å². The summed E-state index contributed by atoms with van der Waals surface area (Å²) in [6.07, 6.45) is 0. The fourth-order valence-corrected chi connectivity index (χ4v) is 3.96. The summed E-state index contributed by atoms with van der Waals surface area (Å²) < 4.78 is 41.7. The first kappa shape index (κ1) is 20.1. The Bertz CT molecular complexity index is 1350. The number of nitrogens with zero attached hydrogens (tertiary/aromatic N) is 2. The molecule has 0 atom stereocenters. The average molecular weight is 443 g/mol. The third kappa shape index (κ3) is 4.19. The van der Waals surface area contributed by atoms with Crippen LogP contribution < -0.4 is 10.0 Å². The molecule has 152 valence electrons. The van der Waals surface area contributed by atoms with E-state index < -0.39 is 15.8 Å². The van der Waals surface area contributed by atoms with Crippen LogP contribution in [0, 0.1) is 12.7 Å². The minimum atomic E-state index is -3.91. The van der Waals surface area contributed by atoms with Crippen LogP contribution in [0.25, 0.3) is 11.0 Å². The van der Waals surface area contributed by atoms with Gasteiger partial charge in [0.25, 0.3) is 10.0 Å². The molecule has 0 radical (unpaired) electrons. The molecule has 30 heavy (non-hydrogen) atoms. The van der Waals surface area contributed by atoms with Crippen LogP contribution in [0.2, 0.25) is 5.02 Å². The number of hydrogen-bond donors (Lipinski definition) is 2. The highest BCUT2D eigenvalue weighted by molar-refractivity contribution is 7.92. The van der Waals surface area contributed by atoms with Gasteiger partial charge in [0.05, 0.1) is 21.0 Å². The predicted molar refractivity (Wildman–Crippen MR) is 116 cm³/mol. The lowest BCUT2D eigenvalue weighted by Gasteiger charge is -2.14. The topological polar surface area (TPSA) is 84.0 Å². The number of hydrogen-bond acceptors (Lipinski definition) is 5. The van der Waals surface area contributed by atoms with Gasteiger partial charge >= 0.3 is 0 Å². The van der Waals surface area contributed by atoms with Crippen LogP contribution in [0.15, 0.2) is 71.6 Å². The quantitative estimate of drug-likeness (QED) is 0.439. The first-order valence-electron chi connectivity index (χ1n) is 8.90. The first-order valence-corrected chi connectivity index (χ1v) is 10.8. The van der Waals surface area contributed by atoms with Gasteiger partial charge in [0.2, 0.25) is 0 Å². The average Bonchev–Trinajstić information content (AvgIpc) is 2.71. The number of nitrogens with one attached hydrogen (secondary N) is 2. The van der Waals surface area contributed by atoms with Crippen molar-refractivity contribution in [1.29, 1.82) is 0 Å². The van der Waals surface area contributed by atoms with Gasteiger partial charge in [-0.2, -0.15) is 0 Å². The summed E-state index contributed by atoms with van der Waals surface area (Å²) in [5, 5.41) is 2.89. The lowest BCUT2D eigenvalue weighted by atomic mass is 10.2. The largest absolute Gasteiger partial charge is 0.337 e. The molecule has 6 nitrogen and oxygen atoms in total. The summed E-state index contributed by atoms with van der Waals surface area (Å²) >= 11 is 5.85. The van der Waals surface area contributed by atoms with Crippen LogP contribution in [0.1, 0.15) is 5.56 Å². The highest BCUT2D eigenvalue weighted by atomic mass is 35.5. The predicted octanol–water partition coefficient (Wildman–Crippen LogP) is 5.28. The Morgan fingerprint density at radius 1 is 0.900 bits per heavy atom. The smallest absolute Gasteiger partial charge is 0.263 e. The van der Waals surface area contributed by atoms with E-state index in [2.05, 4.69) is 20.0 Å². The fraction of sp³-hybridized carbons (Fsp3) is 0.0476. The maximum Gasteiger partial charge on any atom is 0.263 e. The van der Waals surface area contributed by atoms with Gasteiger partial charge in [-0.15, -0.1) is 0 Å². The number of rotatable bonds is 5. The van der Waals surface area contributed by atoms with E-state index in [1.54, 1.807) is 36.4 Å². The van der Waals surface area contributed by atoms with Gasteiger partial charge < -0.3 is 5.32 Å². The van der Waals surface area contributed by atoms with Gasteiger partial charge in [-0.25, -0.2) is 22.8 Å². The molecule has 4 rings (SSSR count). The summed E-state index contributed by atoms with van der Waals surface area (Å²) in [6.45, 7) is 1.87. The number of benzene rings is 3. The molecule has 9 heteroatoms. The van der Waals surface area contributed by atoms with Crippen LogP contribution in [0.4, 0.5) is 21.7 Å². The number of para-hydroxylation sites is 2. The standard InChI is InChI=1S/C21H16ClFN4O2S/c1-13-6-9-15(10-7-13)30(28,29)27-21-20(24-14-8-11-17(23)16(22)12-14)25-18-4-2-3-5-19(18)26-21/h2-12H,1H3,(H,24,25)(H,26,27). The lowest BCUT2D eigenvalue weighted by molar-refractivity contribution is 0.601. The van der Waals surface area contributed by atoms with Gasteiger partial charge in [0, 0.05) is 5.69 Å². The molecule has 0 fully saturated rings.